The highest BCUT2D eigenvalue weighted by Gasteiger charge is 2.26. The van der Waals surface area contributed by atoms with Crippen LogP contribution in [0.2, 0.25) is 0 Å². The van der Waals surface area contributed by atoms with Gasteiger partial charge in [0.05, 0.1) is 11.4 Å². The second-order valence-electron chi connectivity index (χ2n) is 8.37. The van der Waals surface area contributed by atoms with Gasteiger partial charge in [0.25, 0.3) is 5.91 Å². The van der Waals surface area contributed by atoms with Crippen LogP contribution in [0.5, 0.6) is 0 Å². The van der Waals surface area contributed by atoms with E-state index in [2.05, 4.69) is 20.5 Å². The Morgan fingerprint density at radius 2 is 2.10 bits per heavy atom. The van der Waals surface area contributed by atoms with Crippen LogP contribution in [0, 0.1) is 12.7 Å². The van der Waals surface area contributed by atoms with Crippen LogP contribution in [0.15, 0.2) is 24.3 Å². The number of halogens is 1. The smallest absolute Gasteiger partial charge is 0.263 e. The van der Waals surface area contributed by atoms with Crippen molar-refractivity contribution in [3.8, 4) is 0 Å². The van der Waals surface area contributed by atoms with Gasteiger partial charge in [-0.05, 0) is 61.6 Å². The third-order valence-electron chi connectivity index (χ3n) is 6.23. The molecule has 1 fully saturated rings. The number of piperazine rings is 1. The summed E-state index contributed by atoms with van der Waals surface area (Å²) >= 11 is 1.32. The molecule has 0 bridgehead atoms. The van der Waals surface area contributed by atoms with E-state index in [1.807, 2.05) is 25.1 Å². The fourth-order valence-electron chi connectivity index (χ4n) is 4.55. The Labute approximate surface area is 184 Å². The number of benzene rings is 1. The number of anilines is 2. The van der Waals surface area contributed by atoms with Crippen LogP contribution in [0.25, 0.3) is 10.2 Å². The summed E-state index contributed by atoms with van der Waals surface area (Å²) in [4.78, 5) is 20.8. The summed E-state index contributed by atoms with van der Waals surface area (Å²) in [6, 6.07) is 7.44. The number of aryl methyl sites for hydroxylation is 2. The van der Waals surface area contributed by atoms with E-state index in [-0.39, 0.29) is 17.8 Å². The monoisotopic (exact) mass is 439 g/mol. The first-order valence-corrected chi connectivity index (χ1v) is 11.5. The first kappa shape index (κ1) is 20.2. The minimum absolute atomic E-state index is 0.0382. The molecule has 0 saturated carbocycles. The van der Waals surface area contributed by atoms with Crippen LogP contribution >= 0.6 is 11.3 Å². The standard InChI is InChI=1S/C23H26FN5OS/c1-13-2-5-17-20(25)21(31-23(17)27-13)22(30)28-16-4-3-14-12-19(18(24)11-15(14)10-16)29-8-6-26-7-9-29/h2,5,11-12,16,26H,3-4,6-10,25H2,1H3,(H,28,30)/t16-/m1/s1. The second kappa shape index (κ2) is 8.09. The maximum atomic E-state index is 14.8. The SMILES string of the molecule is Cc1ccc2c(N)c(C(=O)N[C@@H]3CCc4cc(N5CCNCC5)c(F)cc4C3)sc2n1. The largest absolute Gasteiger partial charge is 0.397 e. The van der Waals surface area contributed by atoms with Crippen molar-refractivity contribution in [1.82, 2.24) is 15.6 Å². The molecule has 3 heterocycles. The lowest BCUT2D eigenvalue weighted by Gasteiger charge is -2.32. The van der Waals surface area contributed by atoms with Crippen LogP contribution in [0.3, 0.4) is 0 Å². The third-order valence-corrected chi connectivity index (χ3v) is 7.34. The van der Waals surface area contributed by atoms with E-state index >= 15 is 0 Å². The number of nitrogens with one attached hydrogen (secondary N) is 2. The lowest BCUT2D eigenvalue weighted by molar-refractivity contribution is 0.0938. The molecule has 162 valence electrons. The molecule has 2 aliphatic rings. The number of amides is 1. The van der Waals surface area contributed by atoms with Gasteiger partial charge >= 0.3 is 0 Å². The van der Waals surface area contributed by atoms with E-state index in [4.69, 9.17) is 5.73 Å². The van der Waals surface area contributed by atoms with Crippen molar-refractivity contribution >= 4 is 38.8 Å². The number of fused-ring (bicyclic) bond motifs is 2. The Kier molecular flexibility index (Phi) is 5.27. The summed E-state index contributed by atoms with van der Waals surface area (Å²) < 4.78 is 14.8. The Bertz CT molecular complexity index is 1150. The minimum Gasteiger partial charge on any atom is -0.397 e. The van der Waals surface area contributed by atoms with Crippen molar-refractivity contribution in [3.63, 3.8) is 0 Å². The molecule has 1 saturated heterocycles. The number of hydrogen-bond donors (Lipinski definition) is 3. The Morgan fingerprint density at radius 3 is 2.90 bits per heavy atom. The number of pyridine rings is 1. The molecule has 1 aliphatic carbocycles. The van der Waals surface area contributed by atoms with Gasteiger partial charge in [0, 0.05) is 43.3 Å². The number of aromatic nitrogens is 1. The van der Waals surface area contributed by atoms with Gasteiger partial charge < -0.3 is 21.3 Å². The number of hydrogen-bond acceptors (Lipinski definition) is 6. The lowest BCUT2D eigenvalue weighted by Crippen LogP contribution is -2.44. The fourth-order valence-corrected chi connectivity index (χ4v) is 5.59. The zero-order valence-electron chi connectivity index (χ0n) is 17.5. The van der Waals surface area contributed by atoms with Crippen LogP contribution < -0.4 is 21.3 Å². The van der Waals surface area contributed by atoms with Gasteiger partial charge in [0.15, 0.2) is 0 Å². The van der Waals surface area contributed by atoms with Gasteiger partial charge in [-0.1, -0.05) is 0 Å². The van der Waals surface area contributed by atoms with E-state index in [1.54, 1.807) is 6.07 Å². The van der Waals surface area contributed by atoms with Crippen molar-refractivity contribution in [2.75, 3.05) is 36.8 Å². The lowest BCUT2D eigenvalue weighted by atomic mass is 9.87. The number of nitrogens with two attached hydrogens (primary N) is 1. The third kappa shape index (κ3) is 3.85. The average molecular weight is 440 g/mol. The highest BCUT2D eigenvalue weighted by atomic mass is 32.1. The Balaban J connectivity index is 1.32. The van der Waals surface area contributed by atoms with Gasteiger partial charge in [-0.15, -0.1) is 11.3 Å². The minimum atomic E-state index is -0.178. The molecule has 5 rings (SSSR count). The van der Waals surface area contributed by atoms with Crippen molar-refractivity contribution in [2.24, 2.45) is 0 Å². The normalized spacial score (nSPS) is 18.8. The molecule has 1 amide bonds. The zero-order chi connectivity index (χ0) is 21.5. The predicted molar refractivity (Wildman–Crippen MR) is 124 cm³/mol. The summed E-state index contributed by atoms with van der Waals surface area (Å²) in [5, 5.41) is 7.23. The van der Waals surface area contributed by atoms with Crippen molar-refractivity contribution < 1.29 is 9.18 Å². The maximum absolute atomic E-state index is 14.8. The fraction of sp³-hybridized carbons (Fsp3) is 0.391. The molecule has 31 heavy (non-hydrogen) atoms. The molecule has 1 aliphatic heterocycles. The Morgan fingerprint density at radius 1 is 1.29 bits per heavy atom. The van der Waals surface area contributed by atoms with Gasteiger partial charge in [-0.3, -0.25) is 4.79 Å². The number of thiophene rings is 1. The van der Waals surface area contributed by atoms with Crippen LogP contribution in [-0.2, 0) is 12.8 Å². The molecular formula is C23H26FN5OS. The van der Waals surface area contributed by atoms with E-state index < -0.39 is 0 Å². The van der Waals surface area contributed by atoms with Crippen molar-refractivity contribution in [2.45, 2.75) is 32.2 Å². The molecular weight excluding hydrogens is 413 g/mol. The highest BCUT2D eigenvalue weighted by Crippen LogP contribution is 2.33. The van der Waals surface area contributed by atoms with Gasteiger partial charge in [0.1, 0.15) is 15.5 Å². The van der Waals surface area contributed by atoms with Crippen molar-refractivity contribution in [3.05, 3.63) is 51.8 Å². The molecule has 1 atom stereocenters. The predicted octanol–water partition coefficient (Wildman–Crippen LogP) is 3.02. The number of nitrogens with zero attached hydrogens (tertiary/aromatic N) is 2. The summed E-state index contributed by atoms with van der Waals surface area (Å²) in [6.07, 6.45) is 2.28. The topological polar surface area (TPSA) is 83.3 Å². The van der Waals surface area contributed by atoms with Crippen LogP contribution in [0.1, 0.15) is 32.9 Å². The van der Waals surface area contributed by atoms with E-state index in [0.29, 0.717) is 22.7 Å². The summed E-state index contributed by atoms with van der Waals surface area (Å²) in [6.45, 7) is 5.31. The number of carbonyl (C=O) groups excluding carboxylic acids is 1. The molecule has 6 nitrogen and oxygen atoms in total. The number of rotatable bonds is 3. The quantitative estimate of drug-likeness (QED) is 0.584. The summed E-state index contributed by atoms with van der Waals surface area (Å²) in [5.74, 6) is -0.354. The zero-order valence-corrected chi connectivity index (χ0v) is 18.3. The van der Waals surface area contributed by atoms with E-state index in [9.17, 15) is 9.18 Å². The average Bonchev–Trinajstić information content (AvgIpc) is 3.09. The van der Waals surface area contributed by atoms with E-state index in [0.717, 1.165) is 60.5 Å². The number of carbonyl (C=O) groups is 1. The van der Waals surface area contributed by atoms with Gasteiger partial charge in [-0.2, -0.15) is 0 Å². The van der Waals surface area contributed by atoms with Crippen molar-refractivity contribution in [1.29, 1.82) is 0 Å². The summed E-state index contributed by atoms with van der Waals surface area (Å²) in [5.41, 5.74) is 10.5. The molecule has 4 N–H and O–H groups in total. The molecule has 3 aromatic rings. The van der Waals surface area contributed by atoms with Gasteiger partial charge in [0.2, 0.25) is 0 Å². The van der Waals surface area contributed by atoms with E-state index in [1.165, 1.54) is 16.9 Å². The second-order valence-corrected chi connectivity index (χ2v) is 9.37. The molecule has 0 unspecified atom stereocenters. The molecule has 0 radical (unpaired) electrons. The molecule has 0 spiro atoms. The number of nitrogen functional groups attached to an aromatic ring is 1. The maximum Gasteiger partial charge on any atom is 0.263 e. The van der Waals surface area contributed by atoms with Gasteiger partial charge in [-0.25, -0.2) is 9.37 Å². The first-order chi connectivity index (χ1) is 15.0. The molecule has 1 aromatic carbocycles. The first-order valence-electron chi connectivity index (χ1n) is 10.7. The van der Waals surface area contributed by atoms with Crippen LogP contribution in [0.4, 0.5) is 15.8 Å². The van der Waals surface area contributed by atoms with Crippen LogP contribution in [-0.4, -0.2) is 43.1 Å². The molecule has 2 aromatic heterocycles. The molecule has 8 heteroatoms. The summed E-state index contributed by atoms with van der Waals surface area (Å²) in [7, 11) is 0. The Hall–Kier alpha value is -2.71. The highest BCUT2D eigenvalue weighted by molar-refractivity contribution is 7.21.